The lowest BCUT2D eigenvalue weighted by Gasteiger charge is -2.12. The molecule has 0 saturated heterocycles. The molecule has 0 N–H and O–H groups in total. The molecule has 0 bridgehead atoms. The van der Waals surface area contributed by atoms with Crippen LogP contribution in [0.4, 0.5) is 0 Å². The molecule has 0 aliphatic rings. The Bertz CT molecular complexity index is 272. The topological polar surface area (TPSA) is 26.3 Å². The maximum absolute atomic E-state index is 11.0. The summed E-state index contributed by atoms with van der Waals surface area (Å²) in [5, 5.41) is -0.479. The maximum atomic E-state index is 11.0. The molecule has 0 radical (unpaired) electrons. The van der Waals surface area contributed by atoms with E-state index in [2.05, 4.69) is 0 Å². The third-order valence-corrected chi connectivity index (χ3v) is 1.84. The molecular weight excluding hydrogens is 188 g/mol. The Morgan fingerprint density at radius 2 is 2.08 bits per heavy atom. The SMILES string of the molecule is CCOC(C(=O)Cl)c1ccccc1. The van der Waals surface area contributed by atoms with Gasteiger partial charge in [0.15, 0.2) is 6.10 Å². The first-order valence-electron chi connectivity index (χ1n) is 4.11. The predicted molar refractivity (Wildman–Crippen MR) is 51.7 cm³/mol. The predicted octanol–water partition coefficient (Wildman–Crippen LogP) is 2.53. The second kappa shape index (κ2) is 5.00. The van der Waals surface area contributed by atoms with Crippen LogP contribution in [-0.2, 0) is 9.53 Å². The van der Waals surface area contributed by atoms with Crippen LogP contribution in [0.1, 0.15) is 18.6 Å². The number of halogens is 1. The van der Waals surface area contributed by atoms with Crippen LogP contribution in [0.5, 0.6) is 0 Å². The summed E-state index contributed by atoms with van der Waals surface area (Å²) in [6.45, 7) is 2.30. The summed E-state index contributed by atoms with van der Waals surface area (Å²) in [6, 6.07) is 9.22. The minimum atomic E-state index is -0.632. The molecular formula is C10H11ClO2. The van der Waals surface area contributed by atoms with Crippen molar-refractivity contribution in [3.05, 3.63) is 35.9 Å². The average molecular weight is 199 g/mol. The Morgan fingerprint density at radius 1 is 1.46 bits per heavy atom. The van der Waals surface area contributed by atoms with E-state index in [9.17, 15) is 4.79 Å². The summed E-state index contributed by atoms with van der Waals surface area (Å²) < 4.78 is 5.21. The van der Waals surface area contributed by atoms with Crippen molar-refractivity contribution in [2.75, 3.05) is 6.61 Å². The van der Waals surface area contributed by atoms with Gasteiger partial charge in [0.1, 0.15) is 0 Å². The van der Waals surface area contributed by atoms with Crippen molar-refractivity contribution >= 4 is 16.8 Å². The lowest BCUT2D eigenvalue weighted by molar-refractivity contribution is -0.122. The standard InChI is InChI=1S/C10H11ClO2/c1-2-13-9(10(11)12)8-6-4-3-5-7-8/h3-7,9H,2H2,1H3. The van der Waals surface area contributed by atoms with E-state index in [0.717, 1.165) is 5.56 Å². The fourth-order valence-corrected chi connectivity index (χ4v) is 1.28. The quantitative estimate of drug-likeness (QED) is 0.695. The molecule has 0 spiro atoms. The van der Waals surface area contributed by atoms with E-state index < -0.39 is 11.3 Å². The zero-order chi connectivity index (χ0) is 9.68. The number of carbonyl (C=O) groups excluding carboxylic acids is 1. The smallest absolute Gasteiger partial charge is 0.255 e. The lowest BCUT2D eigenvalue weighted by atomic mass is 10.1. The Balaban J connectivity index is 2.82. The Hall–Kier alpha value is -0.860. The molecule has 2 nitrogen and oxygen atoms in total. The first-order chi connectivity index (χ1) is 6.25. The number of carbonyl (C=O) groups is 1. The summed E-state index contributed by atoms with van der Waals surface area (Å²) in [4.78, 5) is 11.0. The zero-order valence-electron chi connectivity index (χ0n) is 7.37. The van der Waals surface area contributed by atoms with Gasteiger partial charge in [0.25, 0.3) is 5.24 Å². The maximum Gasteiger partial charge on any atom is 0.255 e. The first-order valence-corrected chi connectivity index (χ1v) is 4.49. The molecule has 1 aromatic carbocycles. The number of rotatable bonds is 4. The Morgan fingerprint density at radius 3 is 2.54 bits per heavy atom. The van der Waals surface area contributed by atoms with E-state index in [-0.39, 0.29) is 0 Å². The van der Waals surface area contributed by atoms with Crippen LogP contribution < -0.4 is 0 Å². The number of hydrogen-bond acceptors (Lipinski definition) is 2. The summed E-state index contributed by atoms with van der Waals surface area (Å²) >= 11 is 5.39. The third-order valence-electron chi connectivity index (χ3n) is 1.64. The van der Waals surface area contributed by atoms with Gasteiger partial charge in [-0.15, -0.1) is 0 Å². The molecule has 0 aliphatic carbocycles. The minimum Gasteiger partial charge on any atom is -0.365 e. The summed E-state index contributed by atoms with van der Waals surface area (Å²) in [6.07, 6.45) is -0.632. The molecule has 3 heteroatoms. The van der Waals surface area contributed by atoms with E-state index in [4.69, 9.17) is 16.3 Å². The molecule has 0 aliphatic heterocycles. The van der Waals surface area contributed by atoms with Gasteiger partial charge in [-0.3, -0.25) is 4.79 Å². The lowest BCUT2D eigenvalue weighted by Crippen LogP contribution is -2.10. The summed E-state index contributed by atoms with van der Waals surface area (Å²) in [7, 11) is 0. The van der Waals surface area contributed by atoms with Gasteiger partial charge in [-0.2, -0.15) is 0 Å². The fraction of sp³-hybridized carbons (Fsp3) is 0.300. The summed E-state index contributed by atoms with van der Waals surface area (Å²) in [5.41, 5.74) is 0.796. The van der Waals surface area contributed by atoms with Gasteiger partial charge < -0.3 is 4.74 Å². The van der Waals surface area contributed by atoms with E-state index in [0.29, 0.717) is 6.61 Å². The number of benzene rings is 1. The van der Waals surface area contributed by atoms with Gasteiger partial charge in [-0.05, 0) is 24.1 Å². The number of ether oxygens (including phenoxy) is 1. The second-order valence-corrected chi connectivity index (χ2v) is 2.92. The van der Waals surface area contributed by atoms with Crippen molar-refractivity contribution in [2.45, 2.75) is 13.0 Å². The van der Waals surface area contributed by atoms with E-state index in [1.807, 2.05) is 37.3 Å². The molecule has 13 heavy (non-hydrogen) atoms. The van der Waals surface area contributed by atoms with Crippen molar-refractivity contribution < 1.29 is 9.53 Å². The average Bonchev–Trinajstić information content (AvgIpc) is 2.15. The molecule has 0 heterocycles. The van der Waals surface area contributed by atoms with E-state index >= 15 is 0 Å². The molecule has 1 unspecified atom stereocenters. The highest BCUT2D eigenvalue weighted by Crippen LogP contribution is 2.19. The Labute approximate surface area is 82.5 Å². The molecule has 1 rings (SSSR count). The molecule has 70 valence electrons. The van der Waals surface area contributed by atoms with Crippen LogP contribution in [0.25, 0.3) is 0 Å². The van der Waals surface area contributed by atoms with Crippen molar-refractivity contribution in [3.63, 3.8) is 0 Å². The fourth-order valence-electron chi connectivity index (χ4n) is 1.09. The van der Waals surface area contributed by atoms with Crippen LogP contribution in [0, 0.1) is 0 Å². The van der Waals surface area contributed by atoms with Crippen molar-refractivity contribution in [2.24, 2.45) is 0 Å². The largest absolute Gasteiger partial charge is 0.365 e. The Kier molecular flexibility index (Phi) is 3.93. The van der Waals surface area contributed by atoms with Gasteiger partial charge in [-0.1, -0.05) is 30.3 Å². The molecule has 0 amide bonds. The van der Waals surface area contributed by atoms with Crippen LogP contribution in [-0.4, -0.2) is 11.8 Å². The van der Waals surface area contributed by atoms with Crippen molar-refractivity contribution in [1.82, 2.24) is 0 Å². The molecule has 0 fully saturated rings. The van der Waals surface area contributed by atoms with Crippen LogP contribution >= 0.6 is 11.6 Å². The number of hydrogen-bond donors (Lipinski definition) is 0. The molecule has 0 aromatic heterocycles. The van der Waals surface area contributed by atoms with E-state index in [1.165, 1.54) is 0 Å². The van der Waals surface area contributed by atoms with Crippen molar-refractivity contribution in [3.8, 4) is 0 Å². The zero-order valence-corrected chi connectivity index (χ0v) is 8.12. The van der Waals surface area contributed by atoms with Gasteiger partial charge in [-0.25, -0.2) is 0 Å². The second-order valence-electron chi connectivity index (χ2n) is 2.55. The monoisotopic (exact) mass is 198 g/mol. The van der Waals surface area contributed by atoms with Crippen molar-refractivity contribution in [1.29, 1.82) is 0 Å². The molecule has 1 aromatic rings. The van der Waals surface area contributed by atoms with Crippen LogP contribution in [0.3, 0.4) is 0 Å². The highest BCUT2D eigenvalue weighted by atomic mass is 35.5. The highest BCUT2D eigenvalue weighted by molar-refractivity contribution is 6.64. The minimum absolute atomic E-state index is 0.470. The normalized spacial score (nSPS) is 12.5. The van der Waals surface area contributed by atoms with E-state index in [1.54, 1.807) is 0 Å². The summed E-state index contributed by atoms with van der Waals surface area (Å²) in [5.74, 6) is 0. The third kappa shape index (κ3) is 2.83. The molecule has 0 saturated carbocycles. The van der Waals surface area contributed by atoms with Gasteiger partial charge in [0.2, 0.25) is 0 Å². The first kappa shape index (κ1) is 10.2. The molecule has 1 atom stereocenters. The van der Waals surface area contributed by atoms with Gasteiger partial charge in [0.05, 0.1) is 0 Å². The van der Waals surface area contributed by atoms with Gasteiger partial charge >= 0.3 is 0 Å². The highest BCUT2D eigenvalue weighted by Gasteiger charge is 2.17. The van der Waals surface area contributed by atoms with Gasteiger partial charge in [0, 0.05) is 6.61 Å². The van der Waals surface area contributed by atoms with Crippen LogP contribution in [0.2, 0.25) is 0 Å². The van der Waals surface area contributed by atoms with Crippen LogP contribution in [0.15, 0.2) is 30.3 Å².